The van der Waals surface area contributed by atoms with Gasteiger partial charge in [-0.3, -0.25) is 4.79 Å². The zero-order chi connectivity index (χ0) is 21.8. The van der Waals surface area contributed by atoms with Gasteiger partial charge in [0.15, 0.2) is 6.10 Å². The summed E-state index contributed by atoms with van der Waals surface area (Å²) in [6.07, 6.45) is -0.887. The van der Waals surface area contributed by atoms with E-state index in [-0.39, 0.29) is 5.91 Å². The molecule has 1 atom stereocenters. The fourth-order valence-electron chi connectivity index (χ4n) is 3.57. The first kappa shape index (κ1) is 20.8. The average Bonchev–Trinajstić information content (AvgIpc) is 2.83. The Morgan fingerprint density at radius 3 is 2.48 bits per heavy atom. The first-order chi connectivity index (χ1) is 15.1. The van der Waals surface area contributed by atoms with Crippen molar-refractivity contribution in [2.75, 3.05) is 33.4 Å². The molecule has 7 nitrogen and oxygen atoms in total. The second kappa shape index (κ2) is 9.14. The monoisotopic (exact) mass is 420 g/mol. The topological polar surface area (TPSA) is 78.0 Å². The van der Waals surface area contributed by atoms with Crippen molar-refractivity contribution in [3.8, 4) is 17.0 Å². The van der Waals surface area contributed by atoms with E-state index >= 15 is 0 Å². The molecule has 1 amide bonds. The average molecular weight is 420 g/mol. The van der Waals surface area contributed by atoms with Crippen molar-refractivity contribution in [3.05, 3.63) is 60.2 Å². The number of pyridine rings is 1. The fraction of sp³-hybridized carbons (Fsp3) is 0.292. The molecule has 1 aliphatic rings. The van der Waals surface area contributed by atoms with E-state index in [9.17, 15) is 9.59 Å². The van der Waals surface area contributed by atoms with Crippen LogP contribution in [0.4, 0.5) is 0 Å². The minimum absolute atomic E-state index is 0.217. The van der Waals surface area contributed by atoms with Gasteiger partial charge in [-0.05, 0) is 43.3 Å². The Morgan fingerprint density at radius 1 is 1.06 bits per heavy atom. The SMILES string of the molecule is COc1ccc(-c2cc(C(=O)OC(C)C(=O)N3CCOCC3)c3ccccc3n2)cc1. The van der Waals surface area contributed by atoms with Crippen molar-refractivity contribution in [1.82, 2.24) is 9.88 Å². The summed E-state index contributed by atoms with van der Waals surface area (Å²) >= 11 is 0. The minimum atomic E-state index is -0.887. The molecular weight excluding hydrogens is 396 g/mol. The van der Waals surface area contributed by atoms with Crippen LogP contribution in [0.25, 0.3) is 22.2 Å². The van der Waals surface area contributed by atoms with E-state index in [1.807, 2.05) is 48.5 Å². The van der Waals surface area contributed by atoms with E-state index in [4.69, 9.17) is 19.2 Å². The van der Waals surface area contributed by atoms with Gasteiger partial charge in [0.25, 0.3) is 5.91 Å². The number of nitrogens with zero attached hydrogens (tertiary/aromatic N) is 2. The molecule has 0 N–H and O–H groups in total. The van der Waals surface area contributed by atoms with Gasteiger partial charge >= 0.3 is 5.97 Å². The maximum atomic E-state index is 13.1. The summed E-state index contributed by atoms with van der Waals surface area (Å²) in [4.78, 5) is 32.1. The van der Waals surface area contributed by atoms with Crippen molar-refractivity contribution >= 4 is 22.8 Å². The Hall–Kier alpha value is -3.45. The van der Waals surface area contributed by atoms with Gasteiger partial charge in [0.2, 0.25) is 0 Å². The van der Waals surface area contributed by atoms with Gasteiger partial charge in [-0.25, -0.2) is 9.78 Å². The number of aromatic nitrogens is 1. The molecule has 1 fully saturated rings. The molecule has 31 heavy (non-hydrogen) atoms. The normalized spacial score (nSPS) is 14.8. The Balaban J connectivity index is 1.63. The van der Waals surface area contributed by atoms with E-state index in [0.29, 0.717) is 48.5 Å². The van der Waals surface area contributed by atoms with E-state index < -0.39 is 12.1 Å². The Labute approximate surface area is 180 Å². The number of hydrogen-bond donors (Lipinski definition) is 0. The molecule has 0 radical (unpaired) electrons. The lowest BCUT2D eigenvalue weighted by Gasteiger charge is -2.29. The molecular formula is C24H24N2O5. The number of fused-ring (bicyclic) bond motifs is 1. The van der Waals surface area contributed by atoms with Crippen LogP contribution in [0.2, 0.25) is 0 Å². The largest absolute Gasteiger partial charge is 0.497 e. The minimum Gasteiger partial charge on any atom is -0.497 e. The van der Waals surface area contributed by atoms with E-state index in [2.05, 4.69) is 0 Å². The molecule has 4 rings (SSSR count). The van der Waals surface area contributed by atoms with Gasteiger partial charge in [0.1, 0.15) is 5.75 Å². The van der Waals surface area contributed by atoms with Crippen molar-refractivity contribution < 1.29 is 23.8 Å². The Bertz CT molecular complexity index is 1090. The summed E-state index contributed by atoms with van der Waals surface area (Å²) in [6.45, 7) is 3.59. The van der Waals surface area contributed by atoms with Gasteiger partial charge in [0, 0.05) is 24.0 Å². The number of hydrogen-bond acceptors (Lipinski definition) is 6. The third kappa shape index (κ3) is 4.51. The van der Waals surface area contributed by atoms with Gasteiger partial charge < -0.3 is 19.1 Å². The number of methoxy groups -OCH3 is 1. The van der Waals surface area contributed by atoms with Gasteiger partial charge in [0.05, 0.1) is 37.1 Å². The predicted molar refractivity (Wildman–Crippen MR) is 116 cm³/mol. The summed E-state index contributed by atoms with van der Waals surface area (Å²) in [5.74, 6) is -0.0347. The number of benzene rings is 2. The van der Waals surface area contributed by atoms with Crippen molar-refractivity contribution in [3.63, 3.8) is 0 Å². The molecule has 0 saturated carbocycles. The fourth-order valence-corrected chi connectivity index (χ4v) is 3.57. The number of amides is 1. The third-order valence-corrected chi connectivity index (χ3v) is 5.28. The summed E-state index contributed by atoms with van der Waals surface area (Å²) in [5.41, 5.74) is 2.53. The number of carbonyl (C=O) groups excluding carboxylic acids is 2. The highest BCUT2D eigenvalue weighted by molar-refractivity contribution is 6.05. The smallest absolute Gasteiger partial charge is 0.339 e. The molecule has 160 valence electrons. The van der Waals surface area contributed by atoms with Gasteiger partial charge in [-0.2, -0.15) is 0 Å². The predicted octanol–water partition coefficient (Wildman–Crippen LogP) is 3.31. The number of para-hydroxylation sites is 1. The first-order valence-corrected chi connectivity index (χ1v) is 10.2. The number of ether oxygens (including phenoxy) is 3. The third-order valence-electron chi connectivity index (χ3n) is 5.28. The number of morpholine rings is 1. The standard InChI is InChI=1S/C24H24N2O5/c1-16(23(27)26-11-13-30-14-12-26)31-24(28)20-15-22(17-7-9-18(29-2)10-8-17)25-21-6-4-3-5-19(20)21/h3-10,15-16H,11-14H2,1-2H3. The van der Waals surface area contributed by atoms with Crippen molar-refractivity contribution in [2.24, 2.45) is 0 Å². The van der Waals surface area contributed by atoms with E-state index in [1.165, 1.54) is 0 Å². The molecule has 2 heterocycles. The zero-order valence-electron chi connectivity index (χ0n) is 17.5. The van der Waals surface area contributed by atoms with Crippen LogP contribution >= 0.6 is 0 Å². The van der Waals surface area contributed by atoms with Gasteiger partial charge in [-0.15, -0.1) is 0 Å². The summed E-state index contributed by atoms with van der Waals surface area (Å²) in [5, 5.41) is 0.677. The van der Waals surface area contributed by atoms with Crippen LogP contribution in [0.1, 0.15) is 17.3 Å². The first-order valence-electron chi connectivity index (χ1n) is 10.2. The Morgan fingerprint density at radius 2 is 1.77 bits per heavy atom. The molecule has 1 aliphatic heterocycles. The number of rotatable bonds is 5. The summed E-state index contributed by atoms with van der Waals surface area (Å²) in [7, 11) is 1.61. The summed E-state index contributed by atoms with van der Waals surface area (Å²) in [6, 6.07) is 16.5. The Kier molecular flexibility index (Phi) is 6.13. The molecule has 0 aliphatic carbocycles. The quantitative estimate of drug-likeness (QED) is 0.590. The lowest BCUT2D eigenvalue weighted by Crippen LogP contribution is -2.46. The molecule has 1 saturated heterocycles. The zero-order valence-corrected chi connectivity index (χ0v) is 17.5. The lowest BCUT2D eigenvalue weighted by atomic mass is 10.0. The van der Waals surface area contributed by atoms with Crippen LogP contribution in [0, 0.1) is 0 Å². The number of esters is 1. The second-order valence-corrected chi connectivity index (χ2v) is 7.29. The van der Waals surface area contributed by atoms with Crippen molar-refractivity contribution in [2.45, 2.75) is 13.0 Å². The van der Waals surface area contributed by atoms with Crippen LogP contribution in [0.5, 0.6) is 5.75 Å². The summed E-state index contributed by atoms with van der Waals surface area (Å²) < 4.78 is 16.1. The van der Waals surface area contributed by atoms with Crippen LogP contribution in [0.15, 0.2) is 54.6 Å². The molecule has 3 aromatic rings. The highest BCUT2D eigenvalue weighted by atomic mass is 16.5. The number of carbonyl (C=O) groups is 2. The highest BCUT2D eigenvalue weighted by Gasteiger charge is 2.26. The molecule has 7 heteroatoms. The van der Waals surface area contributed by atoms with E-state index in [0.717, 1.165) is 11.3 Å². The maximum absolute atomic E-state index is 13.1. The molecule has 1 unspecified atom stereocenters. The molecule has 2 aromatic carbocycles. The second-order valence-electron chi connectivity index (χ2n) is 7.29. The van der Waals surface area contributed by atoms with Crippen LogP contribution in [-0.4, -0.2) is 61.3 Å². The molecule has 0 bridgehead atoms. The molecule has 0 spiro atoms. The van der Waals surface area contributed by atoms with E-state index in [1.54, 1.807) is 25.0 Å². The molecule has 1 aromatic heterocycles. The van der Waals surface area contributed by atoms with Crippen molar-refractivity contribution in [1.29, 1.82) is 0 Å². The highest BCUT2D eigenvalue weighted by Crippen LogP contribution is 2.27. The van der Waals surface area contributed by atoms with Gasteiger partial charge in [-0.1, -0.05) is 18.2 Å². The van der Waals surface area contributed by atoms with Crippen LogP contribution in [-0.2, 0) is 14.3 Å². The van der Waals surface area contributed by atoms with Crippen LogP contribution < -0.4 is 4.74 Å². The van der Waals surface area contributed by atoms with Crippen LogP contribution in [0.3, 0.4) is 0 Å². The maximum Gasteiger partial charge on any atom is 0.339 e. The lowest BCUT2D eigenvalue weighted by molar-refractivity contribution is -0.143.